The molecule has 2 heterocycles. The average Bonchev–Trinajstić information content (AvgIpc) is 2.60. The van der Waals surface area contributed by atoms with Gasteiger partial charge in [0, 0.05) is 24.5 Å². The number of aryl methyl sites for hydroxylation is 2. The van der Waals surface area contributed by atoms with E-state index in [2.05, 4.69) is 60.4 Å². The number of alkyl halides is 1. The maximum Gasteiger partial charge on any atom is 0.0739 e. The first-order valence-electron chi connectivity index (χ1n) is 7.19. The molecule has 1 aliphatic heterocycles. The topological polar surface area (TPSA) is 21.1 Å². The molecule has 0 aliphatic carbocycles. The fourth-order valence-electron chi connectivity index (χ4n) is 2.83. The Balaban J connectivity index is 2.18. The van der Waals surface area contributed by atoms with Crippen LogP contribution in [0.25, 0.3) is 0 Å². The van der Waals surface area contributed by atoms with Crippen molar-refractivity contribution in [2.45, 2.75) is 58.7 Å². The highest BCUT2D eigenvalue weighted by atomic mass is 79.9. The fraction of sp³-hybridized carbons (Fsp3) is 0.786. The van der Waals surface area contributed by atoms with Crippen molar-refractivity contribution in [3.63, 3.8) is 0 Å². The van der Waals surface area contributed by atoms with Crippen molar-refractivity contribution in [2.24, 2.45) is 0 Å². The van der Waals surface area contributed by atoms with Crippen LogP contribution in [0.5, 0.6) is 0 Å². The van der Waals surface area contributed by atoms with Gasteiger partial charge in [0.2, 0.25) is 0 Å². The Morgan fingerprint density at radius 1 is 1.32 bits per heavy atom. The van der Waals surface area contributed by atoms with E-state index in [0.717, 1.165) is 24.1 Å². The zero-order valence-electron chi connectivity index (χ0n) is 11.8. The first kappa shape index (κ1) is 15.5. The van der Waals surface area contributed by atoms with Gasteiger partial charge >= 0.3 is 0 Å². The van der Waals surface area contributed by atoms with Crippen LogP contribution in [0.15, 0.2) is 4.47 Å². The molecule has 1 aromatic rings. The van der Waals surface area contributed by atoms with Gasteiger partial charge < -0.3 is 0 Å². The van der Waals surface area contributed by atoms with Gasteiger partial charge in [0.25, 0.3) is 0 Å². The monoisotopic (exact) mass is 391 g/mol. The number of hydrogen-bond donors (Lipinski definition) is 0. The van der Waals surface area contributed by atoms with E-state index < -0.39 is 0 Å². The molecule has 0 aromatic carbocycles. The Labute approximate surface area is 133 Å². The highest BCUT2D eigenvalue weighted by Gasteiger charge is 2.23. The van der Waals surface area contributed by atoms with E-state index in [1.807, 2.05) is 0 Å². The van der Waals surface area contributed by atoms with Crippen LogP contribution >= 0.6 is 31.9 Å². The SMILES string of the molecule is CCn1nc(C)c(Br)c1CN1CCCCCC1CBr. The van der Waals surface area contributed by atoms with Crippen LogP contribution in [-0.2, 0) is 13.1 Å². The van der Waals surface area contributed by atoms with Crippen molar-refractivity contribution in [3.8, 4) is 0 Å². The van der Waals surface area contributed by atoms with Gasteiger partial charge in [-0.15, -0.1) is 0 Å². The van der Waals surface area contributed by atoms with Crippen LogP contribution < -0.4 is 0 Å². The molecule has 1 saturated heterocycles. The van der Waals surface area contributed by atoms with Gasteiger partial charge in [0.15, 0.2) is 0 Å². The first-order chi connectivity index (χ1) is 9.17. The molecular weight excluding hydrogens is 370 g/mol. The lowest BCUT2D eigenvalue weighted by atomic mass is 10.1. The minimum atomic E-state index is 0.662. The van der Waals surface area contributed by atoms with Crippen molar-refractivity contribution in [3.05, 3.63) is 15.9 Å². The molecule has 1 aromatic heterocycles. The standard InChI is InChI=1S/C14H23Br2N3/c1-3-19-13(14(16)11(2)17-19)10-18-8-6-4-5-7-12(18)9-15/h12H,3-10H2,1-2H3. The van der Waals surface area contributed by atoms with Crippen molar-refractivity contribution < 1.29 is 0 Å². The lowest BCUT2D eigenvalue weighted by Gasteiger charge is -2.28. The molecule has 5 heteroatoms. The van der Waals surface area contributed by atoms with Gasteiger partial charge in [-0.1, -0.05) is 28.8 Å². The summed E-state index contributed by atoms with van der Waals surface area (Å²) in [6.07, 6.45) is 5.36. The van der Waals surface area contributed by atoms with Crippen molar-refractivity contribution in [2.75, 3.05) is 11.9 Å². The molecule has 19 heavy (non-hydrogen) atoms. The maximum atomic E-state index is 4.60. The minimum Gasteiger partial charge on any atom is -0.294 e. The summed E-state index contributed by atoms with van der Waals surface area (Å²) in [4.78, 5) is 2.62. The van der Waals surface area contributed by atoms with Crippen LogP contribution in [-0.4, -0.2) is 32.6 Å². The molecule has 0 saturated carbocycles. The van der Waals surface area contributed by atoms with Crippen LogP contribution in [0, 0.1) is 6.92 Å². The number of nitrogens with zero attached hydrogens (tertiary/aromatic N) is 3. The van der Waals surface area contributed by atoms with Crippen LogP contribution in [0.1, 0.15) is 44.0 Å². The van der Waals surface area contributed by atoms with Gasteiger partial charge in [-0.25, -0.2) is 0 Å². The summed E-state index contributed by atoms with van der Waals surface area (Å²) in [5, 5.41) is 5.67. The van der Waals surface area contributed by atoms with E-state index in [4.69, 9.17) is 0 Å². The normalized spacial score (nSPS) is 21.6. The third kappa shape index (κ3) is 3.61. The van der Waals surface area contributed by atoms with E-state index in [-0.39, 0.29) is 0 Å². The molecule has 1 unspecified atom stereocenters. The molecule has 0 radical (unpaired) electrons. The molecule has 1 aliphatic rings. The molecule has 0 N–H and O–H groups in total. The average molecular weight is 393 g/mol. The number of aromatic nitrogens is 2. The molecular formula is C14H23Br2N3. The minimum absolute atomic E-state index is 0.662. The van der Waals surface area contributed by atoms with Gasteiger partial charge in [-0.3, -0.25) is 9.58 Å². The van der Waals surface area contributed by atoms with Crippen LogP contribution in [0.3, 0.4) is 0 Å². The van der Waals surface area contributed by atoms with E-state index in [1.54, 1.807) is 0 Å². The van der Waals surface area contributed by atoms with E-state index in [0.29, 0.717) is 6.04 Å². The van der Waals surface area contributed by atoms with E-state index in [1.165, 1.54) is 42.4 Å². The first-order valence-corrected chi connectivity index (χ1v) is 9.10. The second kappa shape index (κ2) is 7.23. The second-order valence-electron chi connectivity index (χ2n) is 5.29. The second-order valence-corrected chi connectivity index (χ2v) is 6.73. The molecule has 3 nitrogen and oxygen atoms in total. The number of rotatable bonds is 4. The molecule has 0 bridgehead atoms. The van der Waals surface area contributed by atoms with Gasteiger partial charge in [0.1, 0.15) is 0 Å². The molecule has 2 rings (SSSR count). The van der Waals surface area contributed by atoms with E-state index >= 15 is 0 Å². The van der Waals surface area contributed by atoms with Crippen molar-refractivity contribution in [1.82, 2.24) is 14.7 Å². The Bertz CT molecular complexity index is 417. The zero-order valence-corrected chi connectivity index (χ0v) is 15.0. The van der Waals surface area contributed by atoms with Crippen LogP contribution in [0.2, 0.25) is 0 Å². The van der Waals surface area contributed by atoms with E-state index in [9.17, 15) is 0 Å². The number of hydrogen-bond acceptors (Lipinski definition) is 2. The lowest BCUT2D eigenvalue weighted by Crippen LogP contribution is -2.36. The summed E-state index contributed by atoms with van der Waals surface area (Å²) in [5.41, 5.74) is 2.43. The maximum absolute atomic E-state index is 4.60. The third-order valence-electron chi connectivity index (χ3n) is 3.98. The summed E-state index contributed by atoms with van der Waals surface area (Å²) in [6, 6.07) is 0.662. The number of halogens is 2. The quantitative estimate of drug-likeness (QED) is 0.718. The molecule has 0 spiro atoms. The number of likely N-dealkylation sites (tertiary alicyclic amines) is 1. The highest BCUT2D eigenvalue weighted by molar-refractivity contribution is 9.10. The van der Waals surface area contributed by atoms with Crippen molar-refractivity contribution in [1.29, 1.82) is 0 Å². The highest BCUT2D eigenvalue weighted by Crippen LogP contribution is 2.26. The fourth-order valence-corrected chi connectivity index (χ4v) is 3.97. The summed E-state index contributed by atoms with van der Waals surface area (Å²) < 4.78 is 3.32. The summed E-state index contributed by atoms with van der Waals surface area (Å²) in [5.74, 6) is 0. The largest absolute Gasteiger partial charge is 0.294 e. The summed E-state index contributed by atoms with van der Waals surface area (Å²) in [7, 11) is 0. The lowest BCUT2D eigenvalue weighted by molar-refractivity contribution is 0.203. The Kier molecular flexibility index (Phi) is 5.90. The molecule has 108 valence electrons. The van der Waals surface area contributed by atoms with Gasteiger partial charge in [0.05, 0.1) is 15.9 Å². The van der Waals surface area contributed by atoms with Gasteiger partial charge in [-0.05, 0) is 49.2 Å². The molecule has 0 amide bonds. The zero-order chi connectivity index (χ0) is 13.8. The molecule has 1 fully saturated rings. The smallest absolute Gasteiger partial charge is 0.0739 e. The third-order valence-corrected chi connectivity index (χ3v) is 5.76. The Hall–Kier alpha value is 0.130. The van der Waals surface area contributed by atoms with Crippen molar-refractivity contribution >= 4 is 31.9 Å². The van der Waals surface area contributed by atoms with Crippen LogP contribution in [0.4, 0.5) is 0 Å². The summed E-state index contributed by atoms with van der Waals surface area (Å²) in [6.45, 7) is 7.38. The predicted octanol–water partition coefficient (Wildman–Crippen LogP) is 4.11. The molecule has 1 atom stereocenters. The van der Waals surface area contributed by atoms with Gasteiger partial charge in [-0.2, -0.15) is 5.10 Å². The summed E-state index contributed by atoms with van der Waals surface area (Å²) >= 11 is 7.39. The Morgan fingerprint density at radius 3 is 2.79 bits per heavy atom. The Morgan fingerprint density at radius 2 is 2.11 bits per heavy atom. The predicted molar refractivity (Wildman–Crippen MR) is 86.8 cm³/mol.